The summed E-state index contributed by atoms with van der Waals surface area (Å²) in [6.45, 7) is 5.36. The van der Waals surface area contributed by atoms with Crippen LogP contribution in [0.15, 0.2) is 24.8 Å². The van der Waals surface area contributed by atoms with Crippen LogP contribution >= 0.6 is 0 Å². The van der Waals surface area contributed by atoms with E-state index in [9.17, 15) is 26.7 Å². The highest BCUT2D eigenvalue weighted by Gasteiger charge is 2.41. The molecule has 0 N–H and O–H groups in total. The Kier molecular flexibility index (Phi) is 5.27. The van der Waals surface area contributed by atoms with Crippen LogP contribution in [0.3, 0.4) is 0 Å². The van der Waals surface area contributed by atoms with Gasteiger partial charge >= 0.3 is 0 Å². The number of nitrogens with zero attached hydrogens (tertiary/aromatic N) is 3. The molecule has 28 heavy (non-hydrogen) atoms. The normalized spacial score (nSPS) is 15.0. The average Bonchev–Trinajstić information content (AvgIpc) is 3.39. The molecule has 0 radical (unpaired) electrons. The minimum absolute atomic E-state index is 0.129. The number of hydrogen-bond donors (Lipinski definition) is 0. The van der Waals surface area contributed by atoms with E-state index < -0.39 is 47.2 Å². The van der Waals surface area contributed by atoms with E-state index in [-0.39, 0.29) is 17.2 Å². The molecule has 1 unspecified atom stereocenters. The molecule has 1 heterocycles. The molecule has 150 valence electrons. The molecule has 1 aliphatic carbocycles. The first kappa shape index (κ1) is 20.0. The number of carbonyl (C=O) groups is 1. The highest BCUT2D eigenvalue weighted by Crippen LogP contribution is 2.36. The SMILES string of the molecule is C=C(c1cc(F)cc(F)c1)C(C)N(C(=O)c1c(C(F)F)nn(C)c1F)C1CC1. The number of benzene rings is 1. The van der Waals surface area contributed by atoms with Crippen molar-refractivity contribution in [1.29, 1.82) is 0 Å². The van der Waals surface area contributed by atoms with Crippen LogP contribution in [0.1, 0.15) is 47.8 Å². The van der Waals surface area contributed by atoms with E-state index in [2.05, 4.69) is 11.7 Å². The van der Waals surface area contributed by atoms with Crippen molar-refractivity contribution in [2.45, 2.75) is 38.3 Å². The zero-order chi connectivity index (χ0) is 20.7. The first-order chi connectivity index (χ1) is 13.1. The molecule has 9 heteroatoms. The quantitative estimate of drug-likeness (QED) is 0.672. The van der Waals surface area contributed by atoms with E-state index in [1.807, 2.05) is 0 Å². The maximum absolute atomic E-state index is 14.4. The van der Waals surface area contributed by atoms with Crippen molar-refractivity contribution in [2.75, 3.05) is 0 Å². The molecule has 0 bridgehead atoms. The number of aromatic nitrogens is 2. The van der Waals surface area contributed by atoms with E-state index >= 15 is 0 Å². The summed E-state index contributed by atoms with van der Waals surface area (Å²) in [5.41, 5.74) is -1.40. The van der Waals surface area contributed by atoms with E-state index in [4.69, 9.17) is 0 Å². The number of alkyl halides is 2. The summed E-state index contributed by atoms with van der Waals surface area (Å²) in [5, 5.41) is 3.40. The molecule has 0 saturated heterocycles. The van der Waals surface area contributed by atoms with Gasteiger partial charge in [-0.1, -0.05) is 6.58 Å². The summed E-state index contributed by atoms with van der Waals surface area (Å²) in [6.07, 6.45) is -1.92. The minimum atomic E-state index is -3.13. The average molecular weight is 399 g/mol. The molecule has 3 rings (SSSR count). The van der Waals surface area contributed by atoms with Gasteiger partial charge in [0.1, 0.15) is 22.9 Å². The predicted octanol–water partition coefficient (Wildman–Crippen LogP) is 4.48. The molecule has 1 aliphatic rings. The monoisotopic (exact) mass is 399 g/mol. The van der Waals surface area contributed by atoms with Gasteiger partial charge in [-0.25, -0.2) is 22.2 Å². The van der Waals surface area contributed by atoms with Crippen LogP contribution in [0.4, 0.5) is 22.0 Å². The van der Waals surface area contributed by atoms with Crippen molar-refractivity contribution in [1.82, 2.24) is 14.7 Å². The van der Waals surface area contributed by atoms with Gasteiger partial charge in [0, 0.05) is 19.2 Å². The summed E-state index contributed by atoms with van der Waals surface area (Å²) >= 11 is 0. The van der Waals surface area contributed by atoms with Crippen LogP contribution in [0, 0.1) is 17.6 Å². The number of amides is 1. The summed E-state index contributed by atoms with van der Waals surface area (Å²) in [4.78, 5) is 14.2. The first-order valence-electron chi connectivity index (χ1n) is 8.60. The number of halogens is 5. The topological polar surface area (TPSA) is 38.1 Å². The molecule has 0 aliphatic heterocycles. The largest absolute Gasteiger partial charge is 0.329 e. The zero-order valence-corrected chi connectivity index (χ0v) is 15.2. The van der Waals surface area contributed by atoms with E-state index in [0.717, 1.165) is 19.2 Å². The van der Waals surface area contributed by atoms with Crippen molar-refractivity contribution in [3.63, 3.8) is 0 Å². The molecule has 1 saturated carbocycles. The van der Waals surface area contributed by atoms with Gasteiger partial charge < -0.3 is 4.90 Å². The van der Waals surface area contributed by atoms with Crippen LogP contribution in [-0.4, -0.2) is 32.7 Å². The van der Waals surface area contributed by atoms with Gasteiger partial charge in [0.15, 0.2) is 0 Å². The standard InChI is InChI=1S/C19H18F5N3O/c1-9(11-6-12(20)8-13(21)7-11)10(2)27(14-4-5-14)19(28)15-16(17(22)23)25-26(3)18(15)24/h6-8,10,14,17H,1,4-5H2,2-3H3. The smallest absolute Gasteiger partial charge is 0.283 e. The summed E-state index contributed by atoms with van der Waals surface area (Å²) in [7, 11) is 1.12. The summed E-state index contributed by atoms with van der Waals surface area (Å²) < 4.78 is 68.6. The van der Waals surface area contributed by atoms with Crippen molar-refractivity contribution >= 4 is 11.5 Å². The fourth-order valence-electron chi connectivity index (χ4n) is 3.16. The minimum Gasteiger partial charge on any atom is -0.329 e. The van der Waals surface area contributed by atoms with Crippen molar-refractivity contribution in [3.05, 3.63) is 59.2 Å². The van der Waals surface area contributed by atoms with Crippen LogP contribution in [0.25, 0.3) is 5.57 Å². The first-order valence-corrected chi connectivity index (χ1v) is 8.60. The summed E-state index contributed by atoms with van der Waals surface area (Å²) in [6, 6.07) is 1.72. The number of carbonyl (C=O) groups excluding carboxylic acids is 1. The third-order valence-corrected chi connectivity index (χ3v) is 4.75. The van der Waals surface area contributed by atoms with E-state index in [0.29, 0.717) is 23.6 Å². The zero-order valence-electron chi connectivity index (χ0n) is 15.2. The van der Waals surface area contributed by atoms with E-state index in [1.165, 1.54) is 4.90 Å². The molecule has 4 nitrogen and oxygen atoms in total. The Morgan fingerprint density at radius 1 is 1.21 bits per heavy atom. The molecule has 1 amide bonds. The Morgan fingerprint density at radius 2 is 1.79 bits per heavy atom. The Morgan fingerprint density at radius 3 is 2.29 bits per heavy atom. The maximum Gasteiger partial charge on any atom is 0.283 e. The molecular formula is C19H18F5N3O. The van der Waals surface area contributed by atoms with Gasteiger partial charge in [0.05, 0.1) is 6.04 Å². The summed E-state index contributed by atoms with van der Waals surface area (Å²) in [5.74, 6) is -3.74. The third kappa shape index (κ3) is 3.65. The Labute approximate surface area is 158 Å². The van der Waals surface area contributed by atoms with E-state index in [1.54, 1.807) is 6.92 Å². The Bertz CT molecular complexity index is 916. The Hall–Kier alpha value is -2.71. The number of aryl methyl sites for hydroxylation is 1. The van der Waals surface area contributed by atoms with Gasteiger partial charge in [-0.05, 0) is 43.0 Å². The molecule has 2 aromatic rings. The lowest BCUT2D eigenvalue weighted by Crippen LogP contribution is -2.41. The maximum atomic E-state index is 14.4. The lowest BCUT2D eigenvalue weighted by molar-refractivity contribution is 0.0698. The number of rotatable bonds is 6. The second-order valence-electron chi connectivity index (χ2n) is 6.78. The predicted molar refractivity (Wildman–Crippen MR) is 92.2 cm³/mol. The molecule has 1 atom stereocenters. The highest BCUT2D eigenvalue weighted by molar-refractivity contribution is 5.97. The highest BCUT2D eigenvalue weighted by atomic mass is 19.3. The fraction of sp³-hybridized carbons (Fsp3) is 0.368. The lowest BCUT2D eigenvalue weighted by Gasteiger charge is -2.31. The molecule has 1 aromatic carbocycles. The van der Waals surface area contributed by atoms with Crippen LogP contribution in [-0.2, 0) is 7.05 Å². The molecule has 0 spiro atoms. The van der Waals surface area contributed by atoms with Crippen LogP contribution in [0.2, 0.25) is 0 Å². The van der Waals surface area contributed by atoms with Crippen molar-refractivity contribution in [3.8, 4) is 0 Å². The van der Waals surface area contributed by atoms with Gasteiger partial charge in [-0.15, -0.1) is 0 Å². The van der Waals surface area contributed by atoms with Gasteiger partial charge in [-0.2, -0.15) is 9.49 Å². The third-order valence-electron chi connectivity index (χ3n) is 4.75. The molecular weight excluding hydrogens is 381 g/mol. The second-order valence-corrected chi connectivity index (χ2v) is 6.78. The van der Waals surface area contributed by atoms with Crippen molar-refractivity contribution < 1.29 is 26.7 Å². The Balaban J connectivity index is 1.98. The molecule has 1 fully saturated rings. The van der Waals surface area contributed by atoms with Gasteiger partial charge in [-0.3, -0.25) is 4.79 Å². The fourth-order valence-corrected chi connectivity index (χ4v) is 3.16. The lowest BCUT2D eigenvalue weighted by atomic mass is 9.99. The van der Waals surface area contributed by atoms with Gasteiger partial charge in [0.2, 0.25) is 5.95 Å². The van der Waals surface area contributed by atoms with Crippen LogP contribution < -0.4 is 0 Å². The van der Waals surface area contributed by atoms with Crippen molar-refractivity contribution in [2.24, 2.45) is 7.05 Å². The van der Waals surface area contributed by atoms with Gasteiger partial charge in [0.25, 0.3) is 12.3 Å². The number of hydrogen-bond acceptors (Lipinski definition) is 2. The second kappa shape index (κ2) is 7.37. The molecule has 1 aromatic heterocycles. The van der Waals surface area contributed by atoms with Crippen LogP contribution in [0.5, 0.6) is 0 Å².